The fourth-order valence-corrected chi connectivity index (χ4v) is 7.11. The third-order valence-electron chi connectivity index (χ3n) is 5.94. The Morgan fingerprint density at radius 3 is 2.38 bits per heavy atom. The zero-order valence-corrected chi connectivity index (χ0v) is 19.8. The van der Waals surface area contributed by atoms with E-state index < -0.39 is 46.6 Å². The maximum atomic E-state index is 14.6. The van der Waals surface area contributed by atoms with E-state index in [1.807, 2.05) is 31.2 Å². The number of hydrogen-bond donors (Lipinski definition) is 1. The molecule has 0 aliphatic carbocycles. The zero-order valence-electron chi connectivity index (χ0n) is 18.2. The van der Waals surface area contributed by atoms with E-state index in [4.69, 9.17) is 0 Å². The molecule has 2 aromatic carbocycles. The first-order valence-corrected chi connectivity index (χ1v) is 13.1. The van der Waals surface area contributed by atoms with E-state index in [0.29, 0.717) is 10.6 Å². The summed E-state index contributed by atoms with van der Waals surface area (Å²) in [6.07, 6.45) is -6.20. The van der Waals surface area contributed by atoms with Crippen LogP contribution in [-0.4, -0.2) is 39.4 Å². The van der Waals surface area contributed by atoms with Crippen LogP contribution in [-0.2, 0) is 16.6 Å². The molecule has 0 fully saturated rings. The number of halogens is 5. The lowest BCUT2D eigenvalue weighted by Crippen LogP contribution is -2.41. The van der Waals surface area contributed by atoms with Crippen LogP contribution < -0.4 is 9.62 Å². The number of thiophene rings is 1. The first-order chi connectivity index (χ1) is 15.9. The van der Waals surface area contributed by atoms with Gasteiger partial charge in [0.25, 0.3) is 5.92 Å². The van der Waals surface area contributed by atoms with Gasteiger partial charge in [-0.25, -0.2) is 17.2 Å². The third kappa shape index (κ3) is 4.92. The normalized spacial score (nSPS) is 21.5. The molecule has 3 aromatic rings. The van der Waals surface area contributed by atoms with Crippen molar-refractivity contribution in [3.05, 3.63) is 65.2 Å². The van der Waals surface area contributed by atoms with Crippen LogP contribution in [0.2, 0.25) is 0 Å². The van der Waals surface area contributed by atoms with Crippen molar-refractivity contribution in [2.75, 3.05) is 23.1 Å². The largest absolute Gasteiger partial charge is 0.401 e. The Hall–Kier alpha value is -2.24. The first-order valence-electron chi connectivity index (χ1n) is 10.6. The predicted molar refractivity (Wildman–Crippen MR) is 124 cm³/mol. The number of benzene rings is 2. The molecule has 5 rings (SSSR count). The van der Waals surface area contributed by atoms with E-state index in [9.17, 15) is 30.4 Å². The number of nitrogens with one attached hydrogen (secondary N) is 1. The highest BCUT2D eigenvalue weighted by atomic mass is 32.2. The Morgan fingerprint density at radius 2 is 1.74 bits per heavy atom. The molecule has 2 aliphatic heterocycles. The maximum Gasteiger partial charge on any atom is 0.401 e. The molecule has 184 valence electrons. The minimum atomic E-state index is -5.13. The molecular weight excluding hydrogens is 495 g/mol. The molecule has 4 nitrogen and oxygen atoms in total. The molecule has 0 radical (unpaired) electrons. The van der Waals surface area contributed by atoms with Crippen LogP contribution >= 0.6 is 11.3 Å². The summed E-state index contributed by atoms with van der Waals surface area (Å²) in [4.78, 5) is 0. The summed E-state index contributed by atoms with van der Waals surface area (Å²) >= 11 is 1.32. The first kappa shape index (κ1) is 24.9. The molecule has 11 heteroatoms. The van der Waals surface area contributed by atoms with E-state index in [1.165, 1.54) is 27.8 Å². The molecule has 2 aliphatic rings. The molecule has 0 saturated carbocycles. The number of nitrogens with zero attached hydrogens (tertiary/aromatic N) is 1. The Bertz CT molecular complexity index is 1270. The molecule has 1 aromatic heterocycles. The van der Waals surface area contributed by atoms with Gasteiger partial charge in [0.15, 0.2) is 0 Å². The van der Waals surface area contributed by atoms with Crippen molar-refractivity contribution in [3.63, 3.8) is 0 Å². The number of sulfonamides is 1. The van der Waals surface area contributed by atoms with Gasteiger partial charge in [-0.3, -0.25) is 4.31 Å². The van der Waals surface area contributed by atoms with Crippen LogP contribution in [0.3, 0.4) is 0 Å². The van der Waals surface area contributed by atoms with Gasteiger partial charge < -0.3 is 5.32 Å². The summed E-state index contributed by atoms with van der Waals surface area (Å²) < 4.78 is 98.8. The lowest BCUT2D eigenvalue weighted by Gasteiger charge is -2.30. The van der Waals surface area contributed by atoms with Crippen LogP contribution in [0, 0.1) is 6.92 Å². The molecule has 2 bridgehead atoms. The fourth-order valence-electron chi connectivity index (χ4n) is 4.19. The minimum Gasteiger partial charge on any atom is -0.315 e. The van der Waals surface area contributed by atoms with Crippen LogP contribution in [0.15, 0.2) is 48.5 Å². The van der Waals surface area contributed by atoms with Gasteiger partial charge >= 0.3 is 6.18 Å². The Morgan fingerprint density at radius 1 is 1.06 bits per heavy atom. The van der Waals surface area contributed by atoms with Crippen molar-refractivity contribution in [2.45, 2.75) is 37.9 Å². The monoisotopic (exact) mass is 518 g/mol. The summed E-state index contributed by atoms with van der Waals surface area (Å²) in [6, 6.07) is 12.1. The molecular formula is C23H23F5N2O2S2. The zero-order chi connectivity index (χ0) is 24.7. The van der Waals surface area contributed by atoms with E-state index >= 15 is 0 Å². The fraction of sp³-hybridized carbons (Fsp3) is 0.391. The summed E-state index contributed by atoms with van der Waals surface area (Å²) in [5.74, 6) is -7.37. The van der Waals surface area contributed by atoms with Crippen molar-refractivity contribution in [1.29, 1.82) is 0 Å². The Labute approximate surface area is 198 Å². The van der Waals surface area contributed by atoms with E-state index in [1.54, 1.807) is 0 Å². The lowest BCUT2D eigenvalue weighted by atomic mass is 9.89. The number of aryl methyl sites for hydroxylation is 1. The quantitative estimate of drug-likeness (QED) is 0.413. The highest BCUT2D eigenvalue weighted by Crippen LogP contribution is 2.47. The van der Waals surface area contributed by atoms with Gasteiger partial charge in [0.05, 0.1) is 12.3 Å². The number of rotatable bonds is 1. The third-order valence-corrected chi connectivity index (χ3v) is 9.06. The Balaban J connectivity index is 1.80. The van der Waals surface area contributed by atoms with E-state index in [0.717, 1.165) is 27.8 Å². The van der Waals surface area contributed by atoms with E-state index in [-0.39, 0.29) is 18.8 Å². The summed E-state index contributed by atoms with van der Waals surface area (Å²) in [5.41, 5.74) is 0.635. The molecule has 0 saturated heterocycles. The topological polar surface area (TPSA) is 49.4 Å². The van der Waals surface area contributed by atoms with Crippen molar-refractivity contribution < 1.29 is 30.4 Å². The van der Waals surface area contributed by atoms with Crippen LogP contribution in [0.4, 0.5) is 27.0 Å². The summed E-state index contributed by atoms with van der Waals surface area (Å²) in [7, 11) is -3.87. The minimum absolute atomic E-state index is 0.122. The number of fused-ring (bicyclic) bond motifs is 12. The van der Waals surface area contributed by atoms with Gasteiger partial charge in [0.2, 0.25) is 10.0 Å². The molecule has 0 spiro atoms. The number of alkyl halides is 5. The Kier molecular flexibility index (Phi) is 6.65. The lowest BCUT2D eigenvalue weighted by molar-refractivity contribution is -0.210. The standard InChI is InChI=1S/C23H23F5N2O2S2/c1-15-18-4-2-3-5-19(18)33-21(15)30-14-16-6-8-17(9-7-16)20(23(26,27)28)22(24,25)10-11-29-12-13-34(30,31)32/h2-9,20,29H,10-14H2,1H3. The second-order valence-corrected chi connectivity index (χ2v) is 11.4. The van der Waals surface area contributed by atoms with E-state index in [2.05, 4.69) is 5.32 Å². The second-order valence-electron chi connectivity index (χ2n) is 8.33. The second kappa shape index (κ2) is 9.09. The summed E-state index contributed by atoms with van der Waals surface area (Å²) in [5, 5.41) is 4.02. The highest BCUT2D eigenvalue weighted by Gasteiger charge is 2.55. The molecule has 3 heterocycles. The molecule has 1 atom stereocenters. The van der Waals surface area contributed by atoms with Crippen LogP contribution in [0.25, 0.3) is 10.1 Å². The van der Waals surface area contributed by atoms with Crippen molar-refractivity contribution >= 4 is 36.4 Å². The number of anilines is 1. The molecule has 0 amide bonds. The molecule has 1 N–H and O–H groups in total. The number of hydrogen-bond acceptors (Lipinski definition) is 4. The SMILES string of the molecule is Cc1c(N2Cc3ccc(cc3)C(C(F)(F)F)C(F)(F)CCNCCS2(=O)=O)sc2ccccc12. The average molecular weight is 519 g/mol. The van der Waals surface area contributed by atoms with Crippen molar-refractivity contribution in [1.82, 2.24) is 5.32 Å². The average Bonchev–Trinajstić information content (AvgIpc) is 3.07. The van der Waals surface area contributed by atoms with Gasteiger partial charge in [-0.05, 0) is 35.1 Å². The van der Waals surface area contributed by atoms with Crippen molar-refractivity contribution in [2.24, 2.45) is 0 Å². The highest BCUT2D eigenvalue weighted by molar-refractivity contribution is 7.93. The predicted octanol–water partition coefficient (Wildman–Crippen LogP) is 5.82. The van der Waals surface area contributed by atoms with Gasteiger partial charge in [0.1, 0.15) is 10.9 Å². The smallest absolute Gasteiger partial charge is 0.315 e. The van der Waals surface area contributed by atoms with Gasteiger partial charge in [-0.2, -0.15) is 13.2 Å². The maximum absolute atomic E-state index is 14.6. The van der Waals surface area contributed by atoms with Crippen LogP contribution in [0.1, 0.15) is 29.0 Å². The van der Waals surface area contributed by atoms with Gasteiger partial charge in [0, 0.05) is 24.2 Å². The van der Waals surface area contributed by atoms with Gasteiger partial charge in [-0.1, -0.05) is 42.5 Å². The van der Waals surface area contributed by atoms with Crippen molar-refractivity contribution in [3.8, 4) is 0 Å². The summed E-state index contributed by atoms with van der Waals surface area (Å²) in [6.45, 7) is 1.10. The van der Waals surface area contributed by atoms with Crippen LogP contribution in [0.5, 0.6) is 0 Å². The van der Waals surface area contributed by atoms with Gasteiger partial charge in [-0.15, -0.1) is 11.3 Å². The molecule has 34 heavy (non-hydrogen) atoms. The molecule has 1 unspecified atom stereocenters.